The molecule has 2 unspecified atom stereocenters. The lowest BCUT2D eigenvalue weighted by atomic mass is 10.0. The molecule has 1 saturated heterocycles. The molecule has 1 amide bonds. The molecule has 1 N–H and O–H groups in total. The van der Waals surface area contributed by atoms with E-state index in [2.05, 4.69) is 4.90 Å². The minimum atomic E-state index is -0.250. The predicted molar refractivity (Wildman–Crippen MR) is 127 cm³/mol. The van der Waals surface area contributed by atoms with E-state index >= 15 is 0 Å². The third-order valence-electron chi connectivity index (χ3n) is 6.33. The highest BCUT2D eigenvalue weighted by Crippen LogP contribution is 2.33. The summed E-state index contributed by atoms with van der Waals surface area (Å²) >= 11 is 0. The number of carboxylic acid groups (broad SMARTS) is 1. The zero-order chi connectivity index (χ0) is 23.9. The number of likely N-dealkylation sites (tertiary alicyclic amines) is 1. The molecule has 2 aromatic rings. The maximum atomic E-state index is 12.8. The number of hydrogen-bond acceptors (Lipinski definition) is 6. The van der Waals surface area contributed by atoms with Crippen molar-refractivity contribution in [3.63, 3.8) is 0 Å². The summed E-state index contributed by atoms with van der Waals surface area (Å²) in [5, 5.41) is 6.89. The molecule has 5 rings (SSSR count). The van der Waals surface area contributed by atoms with Gasteiger partial charge in [-0.1, -0.05) is 30.3 Å². The van der Waals surface area contributed by atoms with E-state index in [0.717, 1.165) is 60.9 Å². The van der Waals surface area contributed by atoms with Crippen molar-refractivity contribution in [2.45, 2.75) is 25.0 Å². The van der Waals surface area contributed by atoms with E-state index in [4.69, 9.17) is 24.1 Å². The Morgan fingerprint density at radius 1 is 1.15 bits per heavy atom. The largest absolute Gasteiger partial charge is 0.496 e. The number of carbonyl (C=O) groups is 2. The van der Waals surface area contributed by atoms with Crippen LogP contribution in [0, 0.1) is 0 Å². The molecule has 8 heteroatoms. The van der Waals surface area contributed by atoms with Gasteiger partial charge in [-0.15, -0.1) is 0 Å². The Labute approximate surface area is 199 Å². The first kappa shape index (κ1) is 23.6. The second-order valence-electron chi connectivity index (χ2n) is 8.49. The van der Waals surface area contributed by atoms with Crippen molar-refractivity contribution in [3.05, 3.63) is 60.2 Å². The highest BCUT2D eigenvalue weighted by atomic mass is 16.6. The number of carbonyl (C=O) groups excluding carboxylic acids is 1. The maximum absolute atomic E-state index is 12.8. The number of hydrogen-bond donors (Lipinski definition) is 1. The van der Waals surface area contributed by atoms with Crippen molar-refractivity contribution in [1.82, 2.24) is 9.80 Å². The average Bonchev–Trinajstić information content (AvgIpc) is 3.26. The number of rotatable bonds is 5. The third kappa shape index (κ3) is 5.34. The van der Waals surface area contributed by atoms with Gasteiger partial charge in [-0.3, -0.25) is 14.5 Å². The summed E-state index contributed by atoms with van der Waals surface area (Å²) in [7, 11) is 1.67. The second kappa shape index (κ2) is 11.1. The third-order valence-corrected chi connectivity index (χ3v) is 6.33. The van der Waals surface area contributed by atoms with Gasteiger partial charge in [0.15, 0.2) is 11.5 Å². The fourth-order valence-electron chi connectivity index (χ4n) is 4.81. The molecule has 0 radical (unpaired) electrons. The van der Waals surface area contributed by atoms with E-state index in [1.165, 1.54) is 0 Å². The van der Waals surface area contributed by atoms with Crippen LogP contribution in [0.2, 0.25) is 0 Å². The van der Waals surface area contributed by atoms with E-state index in [1.54, 1.807) is 13.2 Å². The Morgan fingerprint density at radius 2 is 1.88 bits per heavy atom. The van der Waals surface area contributed by atoms with Crippen molar-refractivity contribution in [2.24, 2.45) is 0 Å². The van der Waals surface area contributed by atoms with Gasteiger partial charge in [0, 0.05) is 37.3 Å². The highest BCUT2D eigenvalue weighted by molar-refractivity contribution is 6.01. The van der Waals surface area contributed by atoms with Crippen LogP contribution in [0.1, 0.15) is 18.4 Å². The standard InChI is InChI=1S/C25H28N2O4.CH2O2/c1-29-22-9-3-2-8-21(22)18-13-25(28)27(14-18)19-7-6-12-26(15-19)16-20-17-30-23-10-4-5-11-24(23)31-20;2-1-3/h2-5,8-11,13,19-20H,6-7,12,14-17H2,1H3;1H,(H,2,3). The Balaban J connectivity index is 0.000000868. The number of fused-ring (bicyclic) bond motifs is 1. The quantitative estimate of drug-likeness (QED) is 0.678. The molecule has 3 aliphatic rings. The fraction of sp³-hybridized carbons (Fsp3) is 0.385. The van der Waals surface area contributed by atoms with Gasteiger partial charge in [0.25, 0.3) is 6.47 Å². The summed E-state index contributed by atoms with van der Waals surface area (Å²) in [4.78, 5) is 25.6. The molecular formula is C26H30N2O6. The number of piperidine rings is 1. The Kier molecular flexibility index (Phi) is 7.69. The molecule has 0 spiro atoms. The zero-order valence-corrected chi connectivity index (χ0v) is 19.3. The molecule has 34 heavy (non-hydrogen) atoms. The van der Waals surface area contributed by atoms with Crippen molar-refractivity contribution in [3.8, 4) is 17.2 Å². The molecule has 3 aliphatic heterocycles. The number of nitrogens with zero attached hydrogens (tertiary/aromatic N) is 2. The van der Waals surface area contributed by atoms with Crippen LogP contribution in [0.25, 0.3) is 5.57 Å². The van der Waals surface area contributed by atoms with Gasteiger partial charge < -0.3 is 24.2 Å². The van der Waals surface area contributed by atoms with Gasteiger partial charge in [-0.25, -0.2) is 0 Å². The lowest BCUT2D eigenvalue weighted by Gasteiger charge is -2.39. The summed E-state index contributed by atoms with van der Waals surface area (Å²) in [5.74, 6) is 2.53. The first-order valence-electron chi connectivity index (χ1n) is 11.5. The molecule has 0 aromatic heterocycles. The maximum Gasteiger partial charge on any atom is 0.290 e. The number of amides is 1. The average molecular weight is 467 g/mol. The molecule has 0 saturated carbocycles. The summed E-state index contributed by atoms with van der Waals surface area (Å²) < 4.78 is 17.5. The van der Waals surface area contributed by atoms with Crippen LogP contribution in [0.3, 0.4) is 0 Å². The summed E-state index contributed by atoms with van der Waals surface area (Å²) in [6.45, 7) is 3.63. The smallest absolute Gasteiger partial charge is 0.290 e. The van der Waals surface area contributed by atoms with Crippen LogP contribution in [0.4, 0.5) is 0 Å². The van der Waals surface area contributed by atoms with Gasteiger partial charge in [0.1, 0.15) is 18.5 Å². The van der Waals surface area contributed by atoms with Gasteiger partial charge in [-0.05, 0) is 43.2 Å². The Hall–Kier alpha value is -3.52. The summed E-state index contributed by atoms with van der Waals surface area (Å²) in [6.07, 6.45) is 3.87. The van der Waals surface area contributed by atoms with Gasteiger partial charge in [0.05, 0.1) is 7.11 Å². The minimum Gasteiger partial charge on any atom is -0.496 e. The van der Waals surface area contributed by atoms with Crippen LogP contribution >= 0.6 is 0 Å². The highest BCUT2D eigenvalue weighted by Gasteiger charge is 2.34. The second-order valence-corrected chi connectivity index (χ2v) is 8.49. The zero-order valence-electron chi connectivity index (χ0n) is 19.3. The van der Waals surface area contributed by atoms with Crippen LogP contribution in [0.5, 0.6) is 17.2 Å². The first-order valence-corrected chi connectivity index (χ1v) is 11.5. The molecule has 2 atom stereocenters. The number of benzene rings is 2. The van der Waals surface area contributed by atoms with Crippen LogP contribution in [-0.2, 0) is 9.59 Å². The lowest BCUT2D eigenvalue weighted by Crippen LogP contribution is -2.51. The molecule has 2 aromatic carbocycles. The number of para-hydroxylation sites is 3. The lowest BCUT2D eigenvalue weighted by molar-refractivity contribution is -0.127. The van der Waals surface area contributed by atoms with Crippen LogP contribution in [0.15, 0.2) is 54.6 Å². The molecule has 180 valence electrons. The minimum absolute atomic E-state index is 0.00481. The monoisotopic (exact) mass is 466 g/mol. The Bertz CT molecular complexity index is 1040. The number of ether oxygens (including phenoxy) is 3. The number of methoxy groups -OCH3 is 1. The summed E-state index contributed by atoms with van der Waals surface area (Å²) in [5.41, 5.74) is 2.03. The van der Waals surface area contributed by atoms with Crippen molar-refractivity contribution in [1.29, 1.82) is 0 Å². The molecule has 3 heterocycles. The topological polar surface area (TPSA) is 88.5 Å². The predicted octanol–water partition coefficient (Wildman–Crippen LogP) is 2.93. The van der Waals surface area contributed by atoms with Crippen molar-refractivity contribution >= 4 is 18.0 Å². The van der Waals surface area contributed by atoms with Crippen molar-refractivity contribution in [2.75, 3.05) is 39.9 Å². The normalized spacial score (nSPS) is 21.9. The van der Waals surface area contributed by atoms with E-state index in [-0.39, 0.29) is 24.5 Å². The van der Waals surface area contributed by atoms with Gasteiger partial charge in [-0.2, -0.15) is 0 Å². The van der Waals surface area contributed by atoms with E-state index in [1.807, 2.05) is 53.4 Å². The molecule has 0 aliphatic carbocycles. The van der Waals surface area contributed by atoms with Crippen molar-refractivity contribution < 1.29 is 28.9 Å². The van der Waals surface area contributed by atoms with Gasteiger partial charge >= 0.3 is 0 Å². The summed E-state index contributed by atoms with van der Waals surface area (Å²) in [6, 6.07) is 15.9. The molecular weight excluding hydrogens is 436 g/mol. The first-order chi connectivity index (χ1) is 16.6. The SMILES string of the molecule is COc1ccccc1C1=CC(=O)N(C2CCCN(CC3COc4ccccc4O3)C2)C1.O=CO. The van der Waals surface area contributed by atoms with E-state index in [0.29, 0.717) is 13.2 Å². The molecule has 1 fully saturated rings. The molecule has 0 bridgehead atoms. The van der Waals surface area contributed by atoms with E-state index in [9.17, 15) is 4.79 Å². The fourth-order valence-corrected chi connectivity index (χ4v) is 4.81. The van der Waals surface area contributed by atoms with E-state index < -0.39 is 0 Å². The van der Waals surface area contributed by atoms with Gasteiger partial charge in [0.2, 0.25) is 5.91 Å². The van der Waals surface area contributed by atoms with Crippen LogP contribution in [-0.4, -0.2) is 79.3 Å². The van der Waals surface area contributed by atoms with Crippen LogP contribution < -0.4 is 14.2 Å². The Morgan fingerprint density at radius 3 is 2.68 bits per heavy atom. The molecule has 8 nitrogen and oxygen atoms in total.